The Morgan fingerprint density at radius 2 is 2.07 bits per heavy atom. The van der Waals surface area contributed by atoms with Gasteiger partial charge in [0.1, 0.15) is 29.4 Å². The Balaban J connectivity index is 1.62. The first-order valence-electron chi connectivity index (χ1n) is 12.3. The highest BCUT2D eigenvalue weighted by Crippen LogP contribution is 2.48. The fraction of sp³-hybridized carbons (Fsp3) is 0.400. The number of aliphatic hydroxyl groups excluding tert-OH is 1. The van der Waals surface area contributed by atoms with Crippen LogP contribution >= 0.6 is 7.75 Å². The van der Waals surface area contributed by atoms with Gasteiger partial charge in [-0.15, -0.1) is 6.42 Å². The predicted octanol–water partition coefficient (Wildman–Crippen LogP) is 2.18. The fourth-order valence-electron chi connectivity index (χ4n) is 4.12. The normalized spacial score (nSPS) is 24.6. The van der Waals surface area contributed by atoms with Crippen LogP contribution in [0.4, 0.5) is 14.7 Å². The summed E-state index contributed by atoms with van der Waals surface area (Å²) in [5.74, 6) is -0.300. The number of H-pyrrole nitrogens is 1. The third kappa shape index (κ3) is 6.12. The van der Waals surface area contributed by atoms with E-state index in [1.807, 2.05) is 5.92 Å². The van der Waals surface area contributed by atoms with Crippen LogP contribution in [-0.2, 0) is 23.4 Å². The number of terminal acetylenes is 1. The molecular weight excluding hydrogens is 567 g/mol. The number of carbonyl (C=O) groups excluding carboxylic acids is 1. The Hall–Kier alpha value is -3.80. The molecule has 5 N–H and O–H groups in total. The molecule has 1 aromatic carbocycles. The Morgan fingerprint density at radius 3 is 2.71 bits per heavy atom. The smallest absolute Gasteiger partial charge is 0.459 e. The number of ether oxygens (including phenoxy) is 2. The minimum Gasteiger partial charge on any atom is -0.462 e. The van der Waals surface area contributed by atoms with E-state index in [4.69, 9.17) is 30.7 Å². The number of nitrogens with two attached hydrogens (primary N) is 1. The molecule has 0 saturated carbocycles. The number of anilines is 1. The summed E-state index contributed by atoms with van der Waals surface area (Å²) < 4.78 is 67.0. The molecule has 3 unspecified atom stereocenters. The van der Waals surface area contributed by atoms with Gasteiger partial charge in [0.15, 0.2) is 17.7 Å². The standard InChI is InChI=1S/C25H28F2N5O8P/c1-5-25(27)19(33)17(39-23(25)32-11-16(26)18-20(32)29-24(28)30-21(18)34)12-37-41(36,40-15-9-7-6-8-10-15)31-14(4)22(35)38-13(2)3/h1,6-11,13-14,17,19,23,33H,12H2,2-4H3,(H,31,36)(H3,28,29,30,34)/t14?,17-,19?,23-,25-,41?/m1/s1. The number of carbonyl (C=O) groups is 1. The van der Waals surface area contributed by atoms with Gasteiger partial charge in [-0.3, -0.25) is 23.7 Å². The van der Waals surface area contributed by atoms with E-state index in [0.717, 1.165) is 10.8 Å². The van der Waals surface area contributed by atoms with Gasteiger partial charge in [-0.2, -0.15) is 10.1 Å². The van der Waals surface area contributed by atoms with Crippen molar-refractivity contribution in [3.05, 3.63) is 52.7 Å². The average molecular weight is 595 g/mol. The van der Waals surface area contributed by atoms with Crippen molar-refractivity contribution in [3.63, 3.8) is 0 Å². The van der Waals surface area contributed by atoms with Crippen LogP contribution in [0.2, 0.25) is 0 Å². The summed E-state index contributed by atoms with van der Waals surface area (Å²) in [4.78, 5) is 30.5. The molecule has 6 atom stereocenters. The lowest BCUT2D eigenvalue weighted by Crippen LogP contribution is -2.42. The van der Waals surface area contributed by atoms with Crippen LogP contribution in [0.15, 0.2) is 41.3 Å². The minimum absolute atomic E-state index is 0.102. The summed E-state index contributed by atoms with van der Waals surface area (Å²) in [6.45, 7) is 3.85. The number of nitrogens with one attached hydrogen (secondary N) is 2. The molecule has 0 radical (unpaired) electrons. The summed E-state index contributed by atoms with van der Waals surface area (Å²) in [5, 5.41) is 12.7. The Kier molecular flexibility index (Phi) is 8.53. The monoisotopic (exact) mass is 595 g/mol. The van der Waals surface area contributed by atoms with Crippen molar-refractivity contribution in [3.8, 4) is 18.1 Å². The van der Waals surface area contributed by atoms with E-state index in [9.17, 15) is 23.7 Å². The van der Waals surface area contributed by atoms with E-state index in [-0.39, 0.29) is 11.7 Å². The SMILES string of the molecule is C#C[C@@]1(F)C(O)[C@@H](COP(=O)(NC(C)C(=O)OC(C)C)Oc2ccccc2)O[C@H]1n1cc(F)c2c(=O)[nH]c(N)nc21. The number of hydrogen-bond donors (Lipinski definition) is 4. The number of alkyl halides is 1. The number of hydrogen-bond acceptors (Lipinski definition) is 10. The van der Waals surface area contributed by atoms with Gasteiger partial charge in [-0.05, 0) is 32.9 Å². The van der Waals surface area contributed by atoms with Crippen molar-refractivity contribution >= 4 is 30.7 Å². The molecule has 2 aromatic heterocycles. The van der Waals surface area contributed by atoms with Crippen LogP contribution in [0.5, 0.6) is 5.75 Å². The van der Waals surface area contributed by atoms with Gasteiger partial charge in [0.2, 0.25) is 11.6 Å². The zero-order valence-electron chi connectivity index (χ0n) is 22.1. The molecule has 0 amide bonds. The number of nitrogens with zero attached hydrogens (tertiary/aromatic N) is 2. The average Bonchev–Trinajstić information content (AvgIpc) is 3.36. The van der Waals surface area contributed by atoms with Gasteiger partial charge < -0.3 is 24.8 Å². The first kappa shape index (κ1) is 30.2. The lowest BCUT2D eigenvalue weighted by molar-refractivity contribution is -0.149. The highest BCUT2D eigenvalue weighted by atomic mass is 31.2. The second-order valence-corrected chi connectivity index (χ2v) is 11.1. The Labute approximate surface area is 232 Å². The van der Waals surface area contributed by atoms with E-state index in [2.05, 4.69) is 15.1 Å². The lowest BCUT2D eigenvalue weighted by Gasteiger charge is -2.25. The minimum atomic E-state index is -4.42. The predicted molar refractivity (Wildman–Crippen MR) is 142 cm³/mol. The van der Waals surface area contributed by atoms with E-state index in [1.54, 1.807) is 32.0 Å². The molecular formula is C25H28F2N5O8P. The van der Waals surface area contributed by atoms with Gasteiger partial charge >= 0.3 is 13.7 Å². The number of fused-ring (bicyclic) bond motifs is 1. The maximum Gasteiger partial charge on any atom is 0.459 e. The third-order valence-electron chi connectivity index (χ3n) is 6.01. The molecule has 1 aliphatic rings. The van der Waals surface area contributed by atoms with E-state index < -0.39 is 79.0 Å². The summed E-state index contributed by atoms with van der Waals surface area (Å²) in [6, 6.07) is 6.65. The summed E-state index contributed by atoms with van der Waals surface area (Å²) in [5.41, 5.74) is 1.26. The number of aliphatic hydroxyl groups is 1. The summed E-state index contributed by atoms with van der Waals surface area (Å²) in [6.07, 6.45) is 0.0953. The second-order valence-electron chi connectivity index (χ2n) is 9.45. The molecule has 41 heavy (non-hydrogen) atoms. The Bertz CT molecular complexity index is 1580. The van der Waals surface area contributed by atoms with E-state index in [0.29, 0.717) is 0 Å². The zero-order valence-corrected chi connectivity index (χ0v) is 23.0. The highest BCUT2D eigenvalue weighted by molar-refractivity contribution is 7.52. The zero-order chi connectivity index (χ0) is 30.1. The summed E-state index contributed by atoms with van der Waals surface area (Å²) in [7, 11) is -4.42. The van der Waals surface area contributed by atoms with Crippen molar-refractivity contribution in [2.24, 2.45) is 0 Å². The molecule has 0 bridgehead atoms. The number of nitrogen functional groups attached to an aromatic ring is 1. The van der Waals surface area contributed by atoms with Gasteiger partial charge in [0.25, 0.3) is 5.56 Å². The van der Waals surface area contributed by atoms with Crippen LogP contribution in [0.1, 0.15) is 27.0 Å². The van der Waals surface area contributed by atoms with Gasteiger partial charge in [-0.1, -0.05) is 24.1 Å². The largest absolute Gasteiger partial charge is 0.462 e. The molecule has 3 heterocycles. The number of rotatable bonds is 10. The highest BCUT2D eigenvalue weighted by Gasteiger charge is 2.58. The number of benzene rings is 1. The van der Waals surface area contributed by atoms with Crippen molar-refractivity contribution in [2.45, 2.75) is 57.0 Å². The van der Waals surface area contributed by atoms with E-state index in [1.165, 1.54) is 19.1 Å². The first-order chi connectivity index (χ1) is 19.3. The molecule has 1 saturated heterocycles. The van der Waals surface area contributed by atoms with Crippen molar-refractivity contribution in [2.75, 3.05) is 12.3 Å². The molecule has 4 rings (SSSR count). The maximum absolute atomic E-state index is 16.0. The molecule has 16 heteroatoms. The number of halogens is 2. The van der Waals surface area contributed by atoms with Crippen LogP contribution in [0.3, 0.4) is 0 Å². The van der Waals surface area contributed by atoms with Crippen molar-refractivity contribution in [1.29, 1.82) is 0 Å². The topological polar surface area (TPSA) is 180 Å². The van der Waals surface area contributed by atoms with Crippen molar-refractivity contribution in [1.82, 2.24) is 19.6 Å². The van der Waals surface area contributed by atoms with E-state index >= 15 is 4.39 Å². The quantitative estimate of drug-likeness (QED) is 0.153. The molecule has 13 nitrogen and oxygen atoms in total. The van der Waals surface area contributed by atoms with Crippen LogP contribution < -0.4 is 20.9 Å². The van der Waals surface area contributed by atoms with Crippen LogP contribution in [0, 0.1) is 18.2 Å². The Morgan fingerprint density at radius 1 is 1.39 bits per heavy atom. The van der Waals surface area contributed by atoms with Gasteiger partial charge in [0.05, 0.1) is 12.7 Å². The number of aromatic amines is 1. The first-order valence-corrected chi connectivity index (χ1v) is 13.9. The molecule has 220 valence electrons. The fourth-order valence-corrected chi connectivity index (χ4v) is 5.63. The van der Waals surface area contributed by atoms with Crippen molar-refractivity contribution < 1.29 is 41.8 Å². The van der Waals surface area contributed by atoms with Crippen LogP contribution in [-0.4, -0.2) is 62.2 Å². The third-order valence-corrected chi connectivity index (χ3v) is 7.65. The van der Waals surface area contributed by atoms with Gasteiger partial charge in [-0.25, -0.2) is 13.3 Å². The number of esters is 1. The lowest BCUT2D eigenvalue weighted by atomic mass is 9.97. The number of aromatic nitrogens is 3. The van der Waals surface area contributed by atoms with Crippen LogP contribution in [0.25, 0.3) is 11.0 Å². The number of para-hydroxylation sites is 1. The molecule has 1 fully saturated rings. The molecule has 3 aromatic rings. The molecule has 0 spiro atoms. The second kappa shape index (κ2) is 11.6. The summed E-state index contributed by atoms with van der Waals surface area (Å²) >= 11 is 0. The van der Waals surface area contributed by atoms with Gasteiger partial charge in [0, 0.05) is 6.20 Å². The molecule has 0 aliphatic carbocycles. The molecule has 1 aliphatic heterocycles. The maximum atomic E-state index is 16.0.